The van der Waals surface area contributed by atoms with Gasteiger partial charge in [-0.1, -0.05) is 55.9 Å². The number of amides is 1. The number of nitrogens with zero attached hydrogens (tertiary/aromatic N) is 2. The Morgan fingerprint density at radius 2 is 1.79 bits per heavy atom. The highest BCUT2D eigenvalue weighted by Crippen LogP contribution is 2.30. The molecule has 1 amide bonds. The fraction of sp³-hybridized carbons (Fsp3) is 0.227. The summed E-state index contributed by atoms with van der Waals surface area (Å²) in [6.45, 7) is 6.25. The molecule has 0 atom stereocenters. The predicted molar refractivity (Wildman–Crippen MR) is 113 cm³/mol. The van der Waals surface area contributed by atoms with Crippen LogP contribution in [0.2, 0.25) is 0 Å². The van der Waals surface area contributed by atoms with Crippen LogP contribution < -0.4 is 10.1 Å². The zero-order chi connectivity index (χ0) is 19.9. The molecule has 0 fully saturated rings. The van der Waals surface area contributed by atoms with Crippen molar-refractivity contribution >= 4 is 23.4 Å². The van der Waals surface area contributed by atoms with E-state index < -0.39 is 0 Å². The van der Waals surface area contributed by atoms with Gasteiger partial charge in [0.1, 0.15) is 5.75 Å². The maximum absolute atomic E-state index is 12.3. The Morgan fingerprint density at radius 1 is 1.07 bits per heavy atom. The smallest absolute Gasteiger partial charge is 0.252 e. The topological polar surface area (TPSA) is 64.1 Å². The highest BCUT2D eigenvalue weighted by atomic mass is 32.2. The van der Waals surface area contributed by atoms with Crippen LogP contribution in [0.4, 0.5) is 5.69 Å². The first-order valence-electron chi connectivity index (χ1n) is 9.10. The number of para-hydroxylation sites is 1. The normalized spacial score (nSPS) is 10.7. The van der Waals surface area contributed by atoms with Crippen LogP contribution in [0.5, 0.6) is 11.6 Å². The Balaban J connectivity index is 1.61. The van der Waals surface area contributed by atoms with Crippen molar-refractivity contribution in [3.63, 3.8) is 0 Å². The number of carbonyl (C=O) groups excluding carboxylic acids is 1. The van der Waals surface area contributed by atoms with E-state index in [-0.39, 0.29) is 11.7 Å². The number of aromatic nitrogens is 2. The van der Waals surface area contributed by atoms with Crippen LogP contribution in [0, 0.1) is 6.92 Å². The molecule has 0 aliphatic heterocycles. The van der Waals surface area contributed by atoms with Crippen molar-refractivity contribution in [1.82, 2.24) is 9.97 Å². The number of nitrogens with one attached hydrogen (secondary N) is 1. The van der Waals surface area contributed by atoms with E-state index in [2.05, 4.69) is 29.1 Å². The van der Waals surface area contributed by atoms with Crippen LogP contribution >= 0.6 is 11.8 Å². The average Bonchev–Trinajstić information content (AvgIpc) is 2.69. The van der Waals surface area contributed by atoms with Gasteiger partial charge in [0.15, 0.2) is 5.03 Å². The van der Waals surface area contributed by atoms with E-state index in [0.717, 1.165) is 17.0 Å². The molecule has 6 heteroatoms. The molecule has 0 radical (unpaired) electrons. The molecule has 28 heavy (non-hydrogen) atoms. The first-order chi connectivity index (χ1) is 13.5. The Kier molecular flexibility index (Phi) is 6.66. The number of benzene rings is 2. The number of ether oxygens (including phenoxy) is 1. The third-order valence-corrected chi connectivity index (χ3v) is 5.09. The molecule has 144 valence electrons. The van der Waals surface area contributed by atoms with Gasteiger partial charge in [-0.15, -0.1) is 0 Å². The second-order valence-electron chi connectivity index (χ2n) is 6.65. The highest BCUT2D eigenvalue weighted by molar-refractivity contribution is 8.00. The minimum absolute atomic E-state index is 0.102. The lowest BCUT2D eigenvalue weighted by atomic mass is 10.0. The van der Waals surface area contributed by atoms with Crippen LogP contribution in [0.1, 0.15) is 30.9 Å². The molecule has 1 N–H and O–H groups in total. The Bertz CT molecular complexity index is 943. The fourth-order valence-corrected chi connectivity index (χ4v) is 3.23. The van der Waals surface area contributed by atoms with Gasteiger partial charge in [0.2, 0.25) is 5.91 Å². The molecule has 0 bridgehead atoms. The molecule has 1 heterocycles. The van der Waals surface area contributed by atoms with Gasteiger partial charge >= 0.3 is 0 Å². The summed E-state index contributed by atoms with van der Waals surface area (Å²) in [5.74, 6) is 1.70. The Morgan fingerprint density at radius 3 is 2.50 bits per heavy atom. The quantitative estimate of drug-likeness (QED) is 0.542. The number of rotatable bonds is 7. The number of hydrogen-bond acceptors (Lipinski definition) is 5. The molecule has 1 aromatic heterocycles. The van der Waals surface area contributed by atoms with Crippen molar-refractivity contribution < 1.29 is 9.53 Å². The fourth-order valence-electron chi connectivity index (χ4n) is 2.54. The highest BCUT2D eigenvalue weighted by Gasteiger charge is 2.12. The third-order valence-electron chi connectivity index (χ3n) is 4.13. The maximum Gasteiger partial charge on any atom is 0.252 e. The Labute approximate surface area is 169 Å². The van der Waals surface area contributed by atoms with Crippen LogP contribution in [-0.2, 0) is 4.79 Å². The molecule has 0 saturated carbocycles. The van der Waals surface area contributed by atoms with Crippen LogP contribution in [0.15, 0.2) is 66.0 Å². The predicted octanol–water partition coefficient (Wildman–Crippen LogP) is 5.43. The molecule has 0 aliphatic rings. The van der Waals surface area contributed by atoms with Crippen molar-refractivity contribution in [2.24, 2.45) is 0 Å². The Hall–Kier alpha value is -2.86. The summed E-state index contributed by atoms with van der Waals surface area (Å²) in [4.78, 5) is 20.9. The first kappa shape index (κ1) is 19.9. The minimum atomic E-state index is -0.102. The van der Waals surface area contributed by atoms with Gasteiger partial charge in [0, 0.05) is 18.1 Å². The van der Waals surface area contributed by atoms with Crippen LogP contribution in [0.3, 0.4) is 0 Å². The zero-order valence-electron chi connectivity index (χ0n) is 16.2. The summed E-state index contributed by atoms with van der Waals surface area (Å²) in [6, 6.07) is 15.6. The zero-order valence-corrected chi connectivity index (χ0v) is 17.0. The average molecular weight is 394 g/mol. The van der Waals surface area contributed by atoms with Crippen molar-refractivity contribution in [2.75, 3.05) is 11.1 Å². The summed E-state index contributed by atoms with van der Waals surface area (Å²) in [5, 5.41) is 3.49. The molecule has 0 spiro atoms. The number of anilines is 1. The number of carbonyl (C=O) groups is 1. The minimum Gasteiger partial charge on any atom is -0.436 e. The van der Waals surface area contributed by atoms with Gasteiger partial charge < -0.3 is 10.1 Å². The van der Waals surface area contributed by atoms with Gasteiger partial charge in [-0.05, 0) is 42.2 Å². The van der Waals surface area contributed by atoms with E-state index in [1.807, 2.05) is 55.5 Å². The standard InChI is InChI=1S/C22H23N3O2S/c1-15(2)17-8-10-18(11-9-17)25-20(26)14-28-22-21(23-12-13-24-22)27-19-7-5-4-6-16(19)3/h4-13,15H,14H2,1-3H3,(H,25,26). The van der Waals surface area contributed by atoms with Crippen molar-refractivity contribution in [3.8, 4) is 11.6 Å². The summed E-state index contributed by atoms with van der Waals surface area (Å²) >= 11 is 1.30. The number of hydrogen-bond donors (Lipinski definition) is 1. The van der Waals surface area contributed by atoms with Gasteiger partial charge in [0.05, 0.1) is 5.75 Å². The number of thioether (sulfide) groups is 1. The second-order valence-corrected chi connectivity index (χ2v) is 7.61. The monoisotopic (exact) mass is 393 g/mol. The van der Waals surface area contributed by atoms with E-state index in [1.54, 1.807) is 12.4 Å². The summed E-state index contributed by atoms with van der Waals surface area (Å²) < 4.78 is 5.90. The third kappa shape index (κ3) is 5.33. The van der Waals surface area contributed by atoms with Gasteiger partial charge in [-0.2, -0.15) is 0 Å². The van der Waals surface area contributed by atoms with E-state index in [0.29, 0.717) is 16.8 Å². The van der Waals surface area contributed by atoms with Crippen molar-refractivity contribution in [1.29, 1.82) is 0 Å². The van der Waals surface area contributed by atoms with Crippen molar-refractivity contribution in [3.05, 3.63) is 72.1 Å². The van der Waals surface area contributed by atoms with Crippen LogP contribution in [-0.4, -0.2) is 21.6 Å². The van der Waals surface area contributed by atoms with E-state index in [1.165, 1.54) is 17.3 Å². The maximum atomic E-state index is 12.3. The molecule has 0 saturated heterocycles. The molecule has 0 aliphatic carbocycles. The van der Waals surface area contributed by atoms with E-state index in [4.69, 9.17) is 4.74 Å². The van der Waals surface area contributed by atoms with Gasteiger partial charge in [-0.3, -0.25) is 4.79 Å². The van der Waals surface area contributed by atoms with Gasteiger partial charge in [0.25, 0.3) is 5.88 Å². The van der Waals surface area contributed by atoms with E-state index >= 15 is 0 Å². The number of aryl methyl sites for hydroxylation is 1. The van der Waals surface area contributed by atoms with Gasteiger partial charge in [-0.25, -0.2) is 9.97 Å². The summed E-state index contributed by atoms with van der Waals surface area (Å²) in [7, 11) is 0. The first-order valence-corrected chi connectivity index (χ1v) is 10.1. The summed E-state index contributed by atoms with van der Waals surface area (Å²) in [6.07, 6.45) is 3.17. The largest absolute Gasteiger partial charge is 0.436 e. The SMILES string of the molecule is Cc1ccccc1Oc1nccnc1SCC(=O)Nc1ccc(C(C)C)cc1. The molecule has 0 unspecified atom stereocenters. The lowest BCUT2D eigenvalue weighted by molar-refractivity contribution is -0.113. The molecule has 3 rings (SSSR count). The van der Waals surface area contributed by atoms with Crippen molar-refractivity contribution in [2.45, 2.75) is 31.7 Å². The second kappa shape index (κ2) is 9.37. The lowest BCUT2D eigenvalue weighted by Gasteiger charge is -2.11. The molecule has 2 aromatic carbocycles. The molecule has 5 nitrogen and oxygen atoms in total. The molecular weight excluding hydrogens is 370 g/mol. The molecule has 3 aromatic rings. The lowest BCUT2D eigenvalue weighted by Crippen LogP contribution is -2.14. The van der Waals surface area contributed by atoms with Crippen LogP contribution in [0.25, 0.3) is 0 Å². The summed E-state index contributed by atoms with van der Waals surface area (Å²) in [5.41, 5.74) is 3.03. The van der Waals surface area contributed by atoms with E-state index in [9.17, 15) is 4.79 Å². The molecular formula is C22H23N3O2S.